The third kappa shape index (κ3) is 9.64. The van der Waals surface area contributed by atoms with Crippen LogP contribution < -0.4 is 18.9 Å². The van der Waals surface area contributed by atoms with Crippen molar-refractivity contribution >= 4 is 33.3 Å². The van der Waals surface area contributed by atoms with Crippen LogP contribution in [0.3, 0.4) is 0 Å². The highest BCUT2D eigenvalue weighted by molar-refractivity contribution is 7.92. The van der Waals surface area contributed by atoms with Gasteiger partial charge in [0.25, 0.3) is 10.0 Å². The average Bonchev–Trinajstić information content (AvgIpc) is 3.03. The van der Waals surface area contributed by atoms with Crippen molar-refractivity contribution in [2.45, 2.75) is 50.3 Å². The summed E-state index contributed by atoms with van der Waals surface area (Å²) in [5, 5.41) is -0.854. The fraction of sp³-hybridized carbons (Fsp3) is 0.286. The molecule has 0 amide bonds. The number of para-hydroxylation sites is 2. The molecule has 4 rings (SSSR count). The van der Waals surface area contributed by atoms with Gasteiger partial charge in [-0.15, -0.1) is 11.6 Å². The second kappa shape index (κ2) is 16.2. The molecule has 1 unspecified atom stereocenters. The van der Waals surface area contributed by atoms with E-state index < -0.39 is 21.4 Å². The number of hydrogen-bond acceptors (Lipinski definition) is 7. The molecule has 0 aliphatic heterocycles. The minimum atomic E-state index is -3.79. The Morgan fingerprint density at radius 3 is 2.24 bits per heavy atom. The Labute approximate surface area is 270 Å². The van der Waals surface area contributed by atoms with Gasteiger partial charge < -0.3 is 18.9 Å². The number of halogens is 1. The maximum absolute atomic E-state index is 13.0. The Morgan fingerprint density at radius 1 is 0.844 bits per heavy atom. The molecular formula is C35H38ClNO7S. The van der Waals surface area contributed by atoms with E-state index in [4.69, 9.17) is 30.5 Å². The van der Waals surface area contributed by atoms with E-state index >= 15 is 0 Å². The minimum Gasteiger partial charge on any atom is -0.493 e. The average molecular weight is 652 g/mol. The summed E-state index contributed by atoms with van der Waals surface area (Å²) in [4.78, 5) is 12.0. The number of rotatable bonds is 16. The fourth-order valence-corrected chi connectivity index (χ4v) is 5.71. The summed E-state index contributed by atoms with van der Waals surface area (Å²) < 4.78 is 51.7. The summed E-state index contributed by atoms with van der Waals surface area (Å²) in [6.45, 7) is 6.90. The third-order valence-electron chi connectivity index (χ3n) is 6.72. The molecule has 0 fully saturated rings. The molecule has 4 aromatic carbocycles. The largest absolute Gasteiger partial charge is 0.493 e. The van der Waals surface area contributed by atoms with Crippen molar-refractivity contribution in [1.82, 2.24) is 0 Å². The molecule has 1 atom stereocenters. The molecule has 0 aliphatic carbocycles. The van der Waals surface area contributed by atoms with Crippen molar-refractivity contribution in [3.8, 4) is 23.0 Å². The zero-order valence-electron chi connectivity index (χ0n) is 25.6. The first kappa shape index (κ1) is 33.7. The Kier molecular flexibility index (Phi) is 12.1. The van der Waals surface area contributed by atoms with Gasteiger partial charge in [0.05, 0.1) is 30.4 Å². The molecule has 0 aliphatic rings. The van der Waals surface area contributed by atoms with Gasteiger partial charge in [0, 0.05) is 6.42 Å². The molecular weight excluding hydrogens is 614 g/mol. The lowest BCUT2D eigenvalue weighted by Crippen LogP contribution is -2.13. The van der Waals surface area contributed by atoms with Crippen molar-refractivity contribution in [2.24, 2.45) is 0 Å². The molecule has 0 aromatic heterocycles. The minimum absolute atomic E-state index is 0.174. The number of carbonyl (C=O) groups is 1. The normalized spacial score (nSPS) is 11.8. The second-order valence-electron chi connectivity index (χ2n) is 10.3. The number of ether oxygens (including phenoxy) is 4. The molecule has 0 heterocycles. The molecule has 8 nitrogen and oxygen atoms in total. The number of anilines is 1. The van der Waals surface area contributed by atoms with E-state index in [1.165, 1.54) is 0 Å². The molecule has 4 aromatic rings. The van der Waals surface area contributed by atoms with Crippen LogP contribution in [-0.2, 0) is 26.0 Å². The highest BCUT2D eigenvalue weighted by Crippen LogP contribution is 2.34. The quantitative estimate of drug-likeness (QED) is 0.0740. The predicted octanol–water partition coefficient (Wildman–Crippen LogP) is 8.23. The smallest absolute Gasteiger partial charge is 0.328 e. The summed E-state index contributed by atoms with van der Waals surface area (Å²) in [7, 11) is -3.79. The van der Waals surface area contributed by atoms with E-state index in [0.29, 0.717) is 48.1 Å². The van der Waals surface area contributed by atoms with Gasteiger partial charge in [-0.3, -0.25) is 9.52 Å². The number of aryl methyl sites for hydroxylation is 2. The highest BCUT2D eigenvalue weighted by Gasteiger charge is 2.19. The molecule has 0 bridgehead atoms. The highest BCUT2D eigenvalue weighted by atomic mass is 35.5. The molecule has 1 N–H and O–H groups in total. The summed E-state index contributed by atoms with van der Waals surface area (Å²) in [6.07, 6.45) is 2.34. The van der Waals surface area contributed by atoms with Gasteiger partial charge in [-0.2, -0.15) is 0 Å². The van der Waals surface area contributed by atoms with Crippen LogP contribution in [0.4, 0.5) is 5.69 Å². The number of hydrogen-bond donors (Lipinski definition) is 1. The summed E-state index contributed by atoms with van der Waals surface area (Å²) in [5.74, 6) is 1.91. The van der Waals surface area contributed by atoms with Crippen LogP contribution in [0, 0.1) is 6.92 Å². The van der Waals surface area contributed by atoms with Crippen LogP contribution >= 0.6 is 11.6 Å². The Hall–Kier alpha value is -4.21. The van der Waals surface area contributed by atoms with Gasteiger partial charge in [-0.1, -0.05) is 55.3 Å². The number of carbonyl (C=O) groups excluding carboxylic acids is 1. The third-order valence-corrected chi connectivity index (χ3v) is 8.53. The Balaban J connectivity index is 1.33. The van der Waals surface area contributed by atoms with E-state index in [-0.39, 0.29) is 11.5 Å². The molecule has 45 heavy (non-hydrogen) atoms. The lowest BCUT2D eigenvalue weighted by molar-refractivity contribution is -0.142. The molecule has 0 saturated heterocycles. The van der Waals surface area contributed by atoms with Crippen molar-refractivity contribution in [2.75, 3.05) is 24.5 Å². The van der Waals surface area contributed by atoms with Crippen LogP contribution in [0.1, 0.15) is 48.8 Å². The van der Waals surface area contributed by atoms with E-state index in [9.17, 15) is 13.2 Å². The first-order chi connectivity index (χ1) is 21.7. The van der Waals surface area contributed by atoms with Crippen LogP contribution in [0.5, 0.6) is 23.0 Å². The lowest BCUT2D eigenvalue weighted by atomic mass is 10.1. The van der Waals surface area contributed by atoms with Gasteiger partial charge in [0.1, 0.15) is 17.2 Å². The van der Waals surface area contributed by atoms with Crippen molar-refractivity contribution in [3.05, 3.63) is 108 Å². The predicted molar refractivity (Wildman–Crippen MR) is 176 cm³/mol. The van der Waals surface area contributed by atoms with Gasteiger partial charge in [-0.25, -0.2) is 8.42 Å². The zero-order chi connectivity index (χ0) is 32.2. The Morgan fingerprint density at radius 2 is 1.53 bits per heavy atom. The fourth-order valence-electron chi connectivity index (χ4n) is 4.43. The first-order valence-electron chi connectivity index (χ1n) is 14.9. The number of alkyl halides is 1. The summed E-state index contributed by atoms with van der Waals surface area (Å²) in [5.41, 5.74) is 2.95. The zero-order valence-corrected chi connectivity index (χ0v) is 27.2. The summed E-state index contributed by atoms with van der Waals surface area (Å²) >= 11 is 6.17. The molecule has 10 heteroatoms. The van der Waals surface area contributed by atoms with E-state index in [1.54, 1.807) is 85.8 Å². The number of sulfonamides is 1. The number of esters is 1. The van der Waals surface area contributed by atoms with Crippen molar-refractivity contribution in [1.29, 1.82) is 0 Å². The van der Waals surface area contributed by atoms with E-state index in [2.05, 4.69) is 11.6 Å². The monoisotopic (exact) mass is 651 g/mol. The van der Waals surface area contributed by atoms with Crippen LogP contribution in [0.15, 0.2) is 95.9 Å². The SMILES string of the molecule is CCCc1cc(Oc2ccccc2NS(=O)(=O)c2ccc(C)cc2)ccc1OCCCOc1ccc(C(Cl)C(=O)OCC)cc1. The number of nitrogens with one attached hydrogen (secondary N) is 1. The van der Waals surface area contributed by atoms with Crippen LogP contribution in [0.2, 0.25) is 0 Å². The molecule has 238 valence electrons. The first-order valence-corrected chi connectivity index (χ1v) is 16.8. The lowest BCUT2D eigenvalue weighted by Gasteiger charge is -2.16. The molecule has 0 radical (unpaired) electrons. The second-order valence-corrected chi connectivity index (χ2v) is 12.4. The molecule has 0 spiro atoms. The molecule has 0 saturated carbocycles. The Bertz CT molecular complexity index is 1660. The van der Waals surface area contributed by atoms with Gasteiger partial charge in [0.2, 0.25) is 0 Å². The standard InChI is InChI=1S/C35H38ClNO7S/c1-4-9-27-24-29(44-33-11-7-6-10-31(33)37-45(39,40)30-19-12-25(3)13-20-30)18-21-32(27)43-23-8-22-42-28-16-14-26(15-17-28)34(36)35(38)41-5-2/h6-7,10-21,24,34,37H,4-5,8-9,22-23H2,1-3H3. The maximum atomic E-state index is 13.0. The van der Waals surface area contributed by atoms with Gasteiger partial charge >= 0.3 is 5.97 Å². The van der Waals surface area contributed by atoms with Crippen LogP contribution in [-0.4, -0.2) is 34.2 Å². The van der Waals surface area contributed by atoms with Crippen molar-refractivity contribution < 1.29 is 32.2 Å². The summed E-state index contributed by atoms with van der Waals surface area (Å²) in [6, 6.07) is 26.2. The van der Waals surface area contributed by atoms with Crippen molar-refractivity contribution in [3.63, 3.8) is 0 Å². The van der Waals surface area contributed by atoms with Crippen LogP contribution in [0.25, 0.3) is 0 Å². The van der Waals surface area contributed by atoms with E-state index in [0.717, 1.165) is 29.7 Å². The number of benzene rings is 4. The van der Waals surface area contributed by atoms with Gasteiger partial charge in [0.15, 0.2) is 11.1 Å². The van der Waals surface area contributed by atoms with E-state index in [1.807, 2.05) is 19.1 Å². The maximum Gasteiger partial charge on any atom is 0.328 e. The van der Waals surface area contributed by atoms with Gasteiger partial charge in [-0.05, 0) is 86.0 Å². The topological polar surface area (TPSA) is 100 Å².